The van der Waals surface area contributed by atoms with Crippen LogP contribution in [-0.4, -0.2) is 81.3 Å². The number of esters is 2. The molecular formula is C28H26ClKN2O10. The van der Waals surface area contributed by atoms with Crippen molar-refractivity contribution < 1.29 is 99.1 Å². The van der Waals surface area contributed by atoms with Gasteiger partial charge in [0.05, 0.1) is 76.0 Å². The van der Waals surface area contributed by atoms with Crippen molar-refractivity contribution in [1.82, 2.24) is 4.90 Å². The fourth-order valence-corrected chi connectivity index (χ4v) is 3.50. The number of fused-ring (bicyclic) bond motifs is 2. The number of imide groups is 2. The quantitative estimate of drug-likeness (QED) is 0.105. The number of amides is 4. The molecule has 0 aliphatic carbocycles. The molecule has 42 heavy (non-hydrogen) atoms. The van der Waals surface area contributed by atoms with Crippen molar-refractivity contribution in [2.75, 3.05) is 40.9 Å². The summed E-state index contributed by atoms with van der Waals surface area (Å²) in [6, 6.07) is 13.2. The monoisotopic (exact) mass is 624 g/mol. The number of nitrogens with zero attached hydrogens (tertiary/aromatic N) is 2. The molecule has 4 amide bonds. The van der Waals surface area contributed by atoms with Crippen molar-refractivity contribution in [2.45, 2.75) is 0 Å². The Morgan fingerprint density at radius 3 is 1.43 bits per heavy atom. The topological polar surface area (TPSA) is 157 Å². The summed E-state index contributed by atoms with van der Waals surface area (Å²) in [6.07, 6.45) is 2.30. The van der Waals surface area contributed by atoms with E-state index in [-0.39, 0.29) is 69.6 Å². The molecule has 0 unspecified atom stereocenters. The summed E-state index contributed by atoms with van der Waals surface area (Å²) in [5.74, 6) is -1.99. The van der Waals surface area contributed by atoms with E-state index in [4.69, 9.17) is 21.1 Å². The maximum atomic E-state index is 12.1. The Labute approximate surface area is 289 Å². The molecule has 2 aromatic carbocycles. The second-order valence-electron chi connectivity index (χ2n) is 7.82. The normalized spacial score (nSPS) is 13.2. The average molecular weight is 625 g/mol. The molecule has 2 aliphatic rings. The number of hydrogen-bond acceptors (Lipinski definition) is 10. The van der Waals surface area contributed by atoms with E-state index >= 15 is 0 Å². The van der Waals surface area contributed by atoms with E-state index in [2.05, 4.69) is 14.8 Å². The number of benzene rings is 2. The van der Waals surface area contributed by atoms with Crippen LogP contribution in [0, 0.1) is 0 Å². The summed E-state index contributed by atoms with van der Waals surface area (Å²) in [7, 11) is 5.32. The van der Waals surface area contributed by atoms with Crippen LogP contribution in [0.1, 0.15) is 41.4 Å². The third kappa shape index (κ3) is 9.89. The van der Waals surface area contributed by atoms with E-state index in [0.29, 0.717) is 28.0 Å². The van der Waals surface area contributed by atoms with Crippen molar-refractivity contribution >= 4 is 47.2 Å². The van der Waals surface area contributed by atoms with E-state index in [0.717, 1.165) is 11.0 Å². The summed E-state index contributed by atoms with van der Waals surface area (Å²) in [6.45, 7) is -0.113. The molecule has 0 saturated heterocycles. The minimum atomic E-state index is -0.613. The van der Waals surface area contributed by atoms with Gasteiger partial charge in [0.25, 0.3) is 11.8 Å². The molecule has 216 valence electrons. The molecule has 2 aliphatic heterocycles. The number of allylic oxidation sites excluding steroid dienone is 1. The van der Waals surface area contributed by atoms with Crippen LogP contribution in [0.5, 0.6) is 0 Å². The van der Waals surface area contributed by atoms with Gasteiger partial charge in [-0.05, 0) is 12.1 Å². The standard InChI is InChI=1S/C14H13NO5.C8H5NO2.C6H9ClO3.K/c1-19-9(7-12(16)20-2)8-15-13(17)10-5-3-4-6-11(10)14(15)18;10-7-5-3-1-2-4-6(5)8(11)9-7;1-9-5(4-7)3-6(8)10-2;/h3-7H,8H2,1-2H3;1-4H,(H,9,10,11);3H,4H2,1-2H3;/q;;;+1/p-1/b9-7-;;5-3-;. The van der Waals surface area contributed by atoms with Crippen molar-refractivity contribution in [3.8, 4) is 0 Å². The van der Waals surface area contributed by atoms with Crippen molar-refractivity contribution in [2.24, 2.45) is 0 Å². The number of ether oxygens (including phenoxy) is 4. The van der Waals surface area contributed by atoms with Crippen LogP contribution in [0.2, 0.25) is 0 Å². The SMILES string of the molecule is COC(=O)/C=C(/CCl)OC.COC(=O)/C=C(/CN1C(=O)c2ccccc2C1=O)OC.O=C1[N-]C(=O)c2ccccc21.[K+]. The first kappa shape index (κ1) is 36.7. The molecule has 0 radical (unpaired) electrons. The summed E-state index contributed by atoms with van der Waals surface area (Å²) < 4.78 is 18.5. The van der Waals surface area contributed by atoms with Gasteiger partial charge in [0, 0.05) is 11.1 Å². The third-order valence-electron chi connectivity index (χ3n) is 5.40. The molecule has 0 aromatic heterocycles. The second kappa shape index (κ2) is 18.3. The molecule has 0 bridgehead atoms. The number of halogens is 1. The fraction of sp³-hybridized carbons (Fsp3) is 0.214. The van der Waals surface area contributed by atoms with Crippen LogP contribution in [0.3, 0.4) is 0 Å². The van der Waals surface area contributed by atoms with Gasteiger partial charge in [0.1, 0.15) is 11.5 Å². The van der Waals surface area contributed by atoms with E-state index in [1.165, 1.54) is 34.5 Å². The van der Waals surface area contributed by atoms with Crippen LogP contribution in [-0.2, 0) is 28.5 Å². The van der Waals surface area contributed by atoms with E-state index < -0.39 is 35.6 Å². The fourth-order valence-electron chi connectivity index (χ4n) is 3.31. The summed E-state index contributed by atoms with van der Waals surface area (Å²) >= 11 is 5.37. The molecule has 0 saturated carbocycles. The zero-order chi connectivity index (χ0) is 30.5. The zero-order valence-electron chi connectivity index (χ0n) is 23.5. The van der Waals surface area contributed by atoms with Crippen molar-refractivity contribution in [3.63, 3.8) is 0 Å². The van der Waals surface area contributed by atoms with E-state index in [1.807, 2.05) is 0 Å². The van der Waals surface area contributed by atoms with Crippen LogP contribution < -0.4 is 51.4 Å². The Kier molecular flexibility index (Phi) is 15.9. The minimum Gasteiger partial charge on any atom is -0.587 e. The molecule has 14 heteroatoms. The van der Waals surface area contributed by atoms with Crippen LogP contribution in [0.15, 0.2) is 72.2 Å². The first-order valence-corrected chi connectivity index (χ1v) is 12.2. The minimum absolute atomic E-state index is 0. The Balaban J connectivity index is 0.000000341. The van der Waals surface area contributed by atoms with Gasteiger partial charge in [-0.3, -0.25) is 14.5 Å². The maximum absolute atomic E-state index is 12.1. The van der Waals surface area contributed by atoms with Gasteiger partial charge in [-0.15, -0.1) is 11.6 Å². The molecule has 2 heterocycles. The van der Waals surface area contributed by atoms with Crippen LogP contribution in [0.4, 0.5) is 0 Å². The van der Waals surface area contributed by atoms with E-state index in [9.17, 15) is 28.8 Å². The Morgan fingerprint density at radius 1 is 0.690 bits per heavy atom. The van der Waals surface area contributed by atoms with Gasteiger partial charge in [0.15, 0.2) is 0 Å². The molecular weight excluding hydrogens is 599 g/mol. The Hall–Kier alpha value is -3.33. The number of hydrogen-bond donors (Lipinski definition) is 0. The van der Waals surface area contributed by atoms with Crippen molar-refractivity contribution in [3.05, 3.63) is 99.8 Å². The van der Waals surface area contributed by atoms with Crippen LogP contribution >= 0.6 is 11.6 Å². The van der Waals surface area contributed by atoms with Gasteiger partial charge < -0.3 is 33.9 Å². The van der Waals surface area contributed by atoms with Gasteiger partial charge in [-0.25, -0.2) is 9.59 Å². The summed E-state index contributed by atoms with van der Waals surface area (Å²) in [5.41, 5.74) is 1.53. The first-order valence-electron chi connectivity index (χ1n) is 11.7. The number of methoxy groups -OCH3 is 4. The number of alkyl halides is 1. The number of carbonyl (C=O) groups excluding carboxylic acids is 6. The molecule has 4 rings (SSSR count). The van der Waals surface area contributed by atoms with Crippen molar-refractivity contribution in [1.29, 1.82) is 0 Å². The molecule has 0 N–H and O–H groups in total. The first-order chi connectivity index (χ1) is 19.6. The van der Waals surface area contributed by atoms with Gasteiger partial charge in [-0.2, -0.15) is 0 Å². The molecule has 0 spiro atoms. The number of rotatable bonds is 7. The molecule has 0 atom stereocenters. The third-order valence-corrected chi connectivity index (χ3v) is 5.66. The zero-order valence-corrected chi connectivity index (χ0v) is 27.4. The smallest absolute Gasteiger partial charge is 0.587 e. The van der Waals surface area contributed by atoms with Crippen LogP contribution in [0.25, 0.3) is 5.32 Å². The molecule has 0 fully saturated rings. The molecule has 2 aromatic rings. The van der Waals surface area contributed by atoms with Gasteiger partial charge in [0.2, 0.25) is 0 Å². The van der Waals surface area contributed by atoms with Gasteiger partial charge >= 0.3 is 63.3 Å². The Morgan fingerprint density at radius 2 is 1.07 bits per heavy atom. The second-order valence-corrected chi connectivity index (χ2v) is 8.09. The summed E-state index contributed by atoms with van der Waals surface area (Å²) in [5, 5.41) is 3.28. The average Bonchev–Trinajstić information content (AvgIpc) is 3.42. The molecule has 12 nitrogen and oxygen atoms in total. The summed E-state index contributed by atoms with van der Waals surface area (Å²) in [4.78, 5) is 68.7. The predicted molar refractivity (Wildman–Crippen MR) is 145 cm³/mol. The number of carbonyl (C=O) groups is 6. The largest absolute Gasteiger partial charge is 1.00 e. The Bertz CT molecular complexity index is 1330. The predicted octanol–water partition coefficient (Wildman–Crippen LogP) is 0.273. The van der Waals surface area contributed by atoms with E-state index in [1.54, 1.807) is 48.5 Å². The maximum Gasteiger partial charge on any atom is 1.00 e. The van der Waals surface area contributed by atoms with Gasteiger partial charge in [-0.1, -0.05) is 36.4 Å².